The summed E-state index contributed by atoms with van der Waals surface area (Å²) in [7, 11) is 0. The summed E-state index contributed by atoms with van der Waals surface area (Å²) in [6, 6.07) is 6.45. The molecule has 0 spiro atoms. The molecular formula is C11H15NO4S. The van der Waals surface area contributed by atoms with Gasteiger partial charge in [0.05, 0.1) is 17.6 Å². The quantitative estimate of drug-likeness (QED) is 0.436. The van der Waals surface area contributed by atoms with Crippen LogP contribution in [-0.2, 0) is 6.42 Å². The predicted octanol–water partition coefficient (Wildman–Crippen LogP) is 1.22. The fraction of sp³-hybridized carbons (Fsp3) is 0.455. The van der Waals surface area contributed by atoms with Crippen molar-refractivity contribution in [2.75, 3.05) is 18.1 Å². The number of thioether (sulfide) groups is 1. The molecule has 1 aromatic carbocycles. The van der Waals surface area contributed by atoms with E-state index < -0.39 is 11.0 Å². The molecule has 1 atom stereocenters. The maximum atomic E-state index is 10.4. The lowest BCUT2D eigenvalue weighted by molar-refractivity contribution is -0.384. The number of rotatable bonds is 7. The topological polar surface area (TPSA) is 83.6 Å². The zero-order valence-electron chi connectivity index (χ0n) is 9.28. The van der Waals surface area contributed by atoms with E-state index in [4.69, 9.17) is 10.2 Å². The minimum Gasteiger partial charge on any atom is -0.394 e. The summed E-state index contributed by atoms with van der Waals surface area (Å²) in [6.07, 6.45) is 0.123. The van der Waals surface area contributed by atoms with E-state index in [-0.39, 0.29) is 12.3 Å². The standard InChI is InChI=1S/C11H15NO4S/c13-7-11(14)8-17-6-5-9-1-3-10(4-2-9)12(15)16/h1-4,11,13-14H,5-8H2. The molecule has 0 aliphatic rings. The Labute approximate surface area is 104 Å². The van der Waals surface area contributed by atoms with Gasteiger partial charge in [-0.1, -0.05) is 12.1 Å². The second-order valence-corrected chi connectivity index (χ2v) is 4.73. The molecular weight excluding hydrogens is 242 g/mol. The van der Waals surface area contributed by atoms with Crippen LogP contribution >= 0.6 is 11.8 Å². The van der Waals surface area contributed by atoms with Crippen LogP contribution in [0.4, 0.5) is 5.69 Å². The van der Waals surface area contributed by atoms with Gasteiger partial charge in [0, 0.05) is 17.9 Å². The summed E-state index contributed by atoms with van der Waals surface area (Å²) in [5, 5.41) is 28.1. The molecule has 94 valence electrons. The normalized spacial score (nSPS) is 12.4. The molecule has 1 aromatic rings. The van der Waals surface area contributed by atoms with Gasteiger partial charge in [0.25, 0.3) is 5.69 Å². The molecule has 0 amide bonds. The maximum Gasteiger partial charge on any atom is 0.269 e. The number of nitro groups is 1. The molecule has 0 fully saturated rings. The number of hydrogen-bond acceptors (Lipinski definition) is 5. The number of nitrogens with zero attached hydrogens (tertiary/aromatic N) is 1. The van der Waals surface area contributed by atoms with Gasteiger partial charge >= 0.3 is 0 Å². The number of hydrogen-bond donors (Lipinski definition) is 2. The van der Waals surface area contributed by atoms with Gasteiger partial charge in [-0.3, -0.25) is 10.1 Å². The minimum atomic E-state index is -0.670. The summed E-state index contributed by atoms with van der Waals surface area (Å²) < 4.78 is 0. The molecule has 17 heavy (non-hydrogen) atoms. The Hall–Kier alpha value is -1.11. The largest absolute Gasteiger partial charge is 0.394 e. The van der Waals surface area contributed by atoms with Gasteiger partial charge in [-0.05, 0) is 17.7 Å². The van der Waals surface area contributed by atoms with Crippen LogP contribution in [0.15, 0.2) is 24.3 Å². The zero-order chi connectivity index (χ0) is 12.7. The SMILES string of the molecule is O=[N+]([O-])c1ccc(CCSCC(O)CO)cc1. The number of nitro benzene ring substituents is 1. The van der Waals surface area contributed by atoms with E-state index in [1.807, 2.05) is 0 Å². The molecule has 0 heterocycles. The van der Waals surface area contributed by atoms with E-state index in [0.717, 1.165) is 17.7 Å². The van der Waals surface area contributed by atoms with Crippen molar-refractivity contribution in [1.82, 2.24) is 0 Å². The van der Waals surface area contributed by atoms with Crippen LogP contribution in [0.3, 0.4) is 0 Å². The van der Waals surface area contributed by atoms with Crippen molar-refractivity contribution in [2.45, 2.75) is 12.5 Å². The van der Waals surface area contributed by atoms with Gasteiger partial charge in [0.2, 0.25) is 0 Å². The molecule has 0 aliphatic heterocycles. The third kappa shape index (κ3) is 5.16. The van der Waals surface area contributed by atoms with Crippen molar-refractivity contribution in [3.8, 4) is 0 Å². The molecule has 2 N–H and O–H groups in total. The third-order valence-electron chi connectivity index (χ3n) is 2.20. The van der Waals surface area contributed by atoms with E-state index in [1.165, 1.54) is 12.1 Å². The van der Waals surface area contributed by atoms with Crippen molar-refractivity contribution < 1.29 is 15.1 Å². The second kappa shape index (κ2) is 7.26. The van der Waals surface area contributed by atoms with Gasteiger partial charge in [-0.15, -0.1) is 0 Å². The van der Waals surface area contributed by atoms with Gasteiger partial charge in [-0.2, -0.15) is 11.8 Å². The number of aryl methyl sites for hydroxylation is 1. The lowest BCUT2D eigenvalue weighted by atomic mass is 10.1. The van der Waals surface area contributed by atoms with Gasteiger partial charge in [0.15, 0.2) is 0 Å². The fourth-order valence-corrected chi connectivity index (χ4v) is 2.17. The van der Waals surface area contributed by atoms with E-state index in [9.17, 15) is 10.1 Å². The van der Waals surface area contributed by atoms with Crippen LogP contribution < -0.4 is 0 Å². The summed E-state index contributed by atoms with van der Waals surface area (Å²) in [5.74, 6) is 1.32. The Bertz CT molecular complexity index is 355. The monoisotopic (exact) mass is 257 g/mol. The van der Waals surface area contributed by atoms with Crippen LogP contribution in [0.5, 0.6) is 0 Å². The minimum absolute atomic E-state index is 0.0945. The van der Waals surface area contributed by atoms with E-state index in [1.54, 1.807) is 23.9 Å². The van der Waals surface area contributed by atoms with Gasteiger partial charge < -0.3 is 10.2 Å². The highest BCUT2D eigenvalue weighted by atomic mass is 32.2. The Morgan fingerprint density at radius 3 is 2.53 bits per heavy atom. The highest BCUT2D eigenvalue weighted by molar-refractivity contribution is 7.99. The van der Waals surface area contributed by atoms with Crippen molar-refractivity contribution in [2.24, 2.45) is 0 Å². The Balaban J connectivity index is 2.30. The molecule has 0 aromatic heterocycles. The van der Waals surface area contributed by atoms with Crippen molar-refractivity contribution in [3.63, 3.8) is 0 Å². The van der Waals surface area contributed by atoms with Crippen LogP contribution in [0, 0.1) is 10.1 Å². The highest BCUT2D eigenvalue weighted by Crippen LogP contribution is 2.14. The first kappa shape index (κ1) is 14.0. The molecule has 1 rings (SSSR count). The zero-order valence-corrected chi connectivity index (χ0v) is 10.1. The van der Waals surface area contributed by atoms with E-state index in [0.29, 0.717) is 5.75 Å². The second-order valence-electron chi connectivity index (χ2n) is 3.58. The maximum absolute atomic E-state index is 10.4. The van der Waals surface area contributed by atoms with Gasteiger partial charge in [0.1, 0.15) is 0 Å². The van der Waals surface area contributed by atoms with Crippen LogP contribution in [0.25, 0.3) is 0 Å². The smallest absolute Gasteiger partial charge is 0.269 e. The molecule has 0 bridgehead atoms. The van der Waals surface area contributed by atoms with Crippen LogP contribution in [0.1, 0.15) is 5.56 Å². The molecule has 0 saturated heterocycles. The van der Waals surface area contributed by atoms with E-state index >= 15 is 0 Å². The Morgan fingerprint density at radius 1 is 1.35 bits per heavy atom. The predicted molar refractivity (Wildman–Crippen MR) is 67.2 cm³/mol. The first-order valence-corrected chi connectivity index (χ1v) is 6.39. The lowest BCUT2D eigenvalue weighted by Gasteiger charge is -2.06. The molecule has 1 unspecified atom stereocenters. The summed E-state index contributed by atoms with van der Waals surface area (Å²) in [4.78, 5) is 10.0. The van der Waals surface area contributed by atoms with Crippen molar-refractivity contribution in [3.05, 3.63) is 39.9 Å². The van der Waals surface area contributed by atoms with Crippen LogP contribution in [-0.4, -0.2) is 39.4 Å². The van der Waals surface area contributed by atoms with Crippen LogP contribution in [0.2, 0.25) is 0 Å². The lowest BCUT2D eigenvalue weighted by Crippen LogP contribution is -2.15. The van der Waals surface area contributed by atoms with Gasteiger partial charge in [-0.25, -0.2) is 0 Å². The third-order valence-corrected chi connectivity index (χ3v) is 3.32. The summed E-state index contributed by atoms with van der Waals surface area (Å²) in [5.41, 5.74) is 1.12. The average Bonchev–Trinajstić information content (AvgIpc) is 2.34. The molecule has 6 heteroatoms. The Morgan fingerprint density at radius 2 is 2.00 bits per heavy atom. The average molecular weight is 257 g/mol. The number of aliphatic hydroxyl groups is 2. The summed E-state index contributed by atoms with van der Waals surface area (Å²) >= 11 is 1.55. The van der Waals surface area contributed by atoms with Crippen molar-refractivity contribution >= 4 is 17.4 Å². The molecule has 5 nitrogen and oxygen atoms in total. The number of benzene rings is 1. The van der Waals surface area contributed by atoms with E-state index in [2.05, 4.69) is 0 Å². The fourth-order valence-electron chi connectivity index (χ4n) is 1.25. The number of non-ortho nitro benzene ring substituents is 1. The first-order valence-electron chi connectivity index (χ1n) is 5.23. The molecule has 0 saturated carbocycles. The highest BCUT2D eigenvalue weighted by Gasteiger charge is 2.04. The van der Waals surface area contributed by atoms with Crippen molar-refractivity contribution in [1.29, 1.82) is 0 Å². The number of aliphatic hydroxyl groups excluding tert-OH is 2. The Kier molecular flexibility index (Phi) is 5.96. The molecule has 0 aliphatic carbocycles. The summed E-state index contributed by atoms with van der Waals surface area (Å²) in [6.45, 7) is -0.218. The molecule has 0 radical (unpaired) electrons. The first-order chi connectivity index (χ1) is 8.13.